The highest BCUT2D eigenvalue weighted by Gasteiger charge is 2.18. The standard InChI is InChI=1S/C13H16FN3O/c1-7(2)11(15)13-16-12(17-18-13)9-5-4-8(3)10(14)6-9/h4-7,11H,15H2,1-3H3/t11-/m1/s1. The van der Waals surface area contributed by atoms with Gasteiger partial charge in [-0.15, -0.1) is 0 Å². The van der Waals surface area contributed by atoms with Gasteiger partial charge in [0.15, 0.2) is 0 Å². The normalized spacial score (nSPS) is 13.0. The van der Waals surface area contributed by atoms with Crippen LogP contribution >= 0.6 is 0 Å². The Bertz CT molecular complexity index is 551. The first-order valence-corrected chi connectivity index (χ1v) is 5.84. The molecule has 0 saturated heterocycles. The van der Waals surface area contributed by atoms with Gasteiger partial charge in [-0.05, 0) is 24.5 Å². The molecule has 0 amide bonds. The van der Waals surface area contributed by atoms with Crippen molar-refractivity contribution in [2.75, 3.05) is 0 Å². The van der Waals surface area contributed by atoms with Gasteiger partial charge in [0, 0.05) is 5.56 Å². The fourth-order valence-electron chi connectivity index (χ4n) is 1.50. The summed E-state index contributed by atoms with van der Waals surface area (Å²) in [5.74, 6) is 0.654. The highest BCUT2D eigenvalue weighted by molar-refractivity contribution is 5.54. The molecule has 0 aliphatic carbocycles. The number of aromatic nitrogens is 2. The lowest BCUT2D eigenvalue weighted by Crippen LogP contribution is -2.16. The third-order valence-corrected chi connectivity index (χ3v) is 2.88. The van der Waals surface area contributed by atoms with Crippen LogP contribution in [-0.4, -0.2) is 10.1 Å². The molecule has 1 aromatic heterocycles. The molecular weight excluding hydrogens is 233 g/mol. The minimum Gasteiger partial charge on any atom is -0.337 e. The number of hydrogen-bond donors (Lipinski definition) is 1. The second kappa shape index (κ2) is 4.86. The zero-order chi connectivity index (χ0) is 13.3. The van der Waals surface area contributed by atoms with E-state index in [1.54, 1.807) is 19.1 Å². The predicted molar refractivity (Wildman–Crippen MR) is 66.2 cm³/mol. The molecule has 0 bridgehead atoms. The van der Waals surface area contributed by atoms with Crippen molar-refractivity contribution in [1.29, 1.82) is 0 Å². The Hall–Kier alpha value is -1.75. The van der Waals surface area contributed by atoms with E-state index in [2.05, 4.69) is 10.1 Å². The summed E-state index contributed by atoms with van der Waals surface area (Å²) < 4.78 is 18.6. The molecule has 0 radical (unpaired) electrons. The summed E-state index contributed by atoms with van der Waals surface area (Å²) in [6.07, 6.45) is 0. The van der Waals surface area contributed by atoms with Gasteiger partial charge in [0.05, 0.1) is 6.04 Å². The quantitative estimate of drug-likeness (QED) is 0.908. The molecule has 18 heavy (non-hydrogen) atoms. The molecular formula is C13H16FN3O. The van der Waals surface area contributed by atoms with Gasteiger partial charge in [0.1, 0.15) is 5.82 Å². The number of nitrogens with two attached hydrogens (primary N) is 1. The van der Waals surface area contributed by atoms with Crippen LogP contribution in [-0.2, 0) is 0 Å². The Morgan fingerprint density at radius 1 is 1.33 bits per heavy atom. The highest BCUT2D eigenvalue weighted by atomic mass is 19.1. The van der Waals surface area contributed by atoms with Crippen LogP contribution in [0.2, 0.25) is 0 Å². The lowest BCUT2D eigenvalue weighted by atomic mass is 10.1. The second-order valence-corrected chi connectivity index (χ2v) is 4.69. The monoisotopic (exact) mass is 249 g/mol. The van der Waals surface area contributed by atoms with Gasteiger partial charge < -0.3 is 10.3 Å². The molecule has 0 aliphatic heterocycles. The van der Waals surface area contributed by atoms with Gasteiger partial charge in [0.2, 0.25) is 11.7 Å². The van der Waals surface area contributed by atoms with Crippen molar-refractivity contribution in [3.63, 3.8) is 0 Å². The van der Waals surface area contributed by atoms with Gasteiger partial charge in [0.25, 0.3) is 0 Å². The maximum absolute atomic E-state index is 13.4. The molecule has 96 valence electrons. The van der Waals surface area contributed by atoms with Crippen LogP contribution in [0.3, 0.4) is 0 Å². The Labute approximate surface area is 105 Å². The summed E-state index contributed by atoms with van der Waals surface area (Å²) in [5, 5.41) is 3.83. The van der Waals surface area contributed by atoms with Crippen molar-refractivity contribution in [3.05, 3.63) is 35.5 Å². The maximum atomic E-state index is 13.4. The Morgan fingerprint density at radius 2 is 2.06 bits per heavy atom. The van der Waals surface area contributed by atoms with Crippen molar-refractivity contribution in [2.24, 2.45) is 11.7 Å². The molecule has 1 heterocycles. The molecule has 2 N–H and O–H groups in total. The molecule has 2 rings (SSSR count). The largest absolute Gasteiger partial charge is 0.337 e. The minimum absolute atomic E-state index is 0.202. The summed E-state index contributed by atoms with van der Waals surface area (Å²) in [6.45, 7) is 5.65. The summed E-state index contributed by atoms with van der Waals surface area (Å²) in [5.41, 5.74) is 7.08. The van der Waals surface area contributed by atoms with Crippen LogP contribution in [0.4, 0.5) is 4.39 Å². The topological polar surface area (TPSA) is 64.9 Å². The van der Waals surface area contributed by atoms with E-state index in [1.807, 2.05) is 13.8 Å². The fourth-order valence-corrected chi connectivity index (χ4v) is 1.50. The molecule has 0 spiro atoms. The number of benzene rings is 1. The lowest BCUT2D eigenvalue weighted by molar-refractivity contribution is 0.325. The number of aryl methyl sites for hydroxylation is 1. The van der Waals surface area contributed by atoms with Crippen LogP contribution in [0.5, 0.6) is 0 Å². The van der Waals surface area contributed by atoms with Crippen LogP contribution in [0, 0.1) is 18.7 Å². The van der Waals surface area contributed by atoms with E-state index in [-0.39, 0.29) is 17.8 Å². The van der Waals surface area contributed by atoms with Crippen molar-refractivity contribution >= 4 is 0 Å². The van der Waals surface area contributed by atoms with Crippen LogP contribution < -0.4 is 5.73 Å². The molecule has 5 heteroatoms. The van der Waals surface area contributed by atoms with Crippen LogP contribution in [0.25, 0.3) is 11.4 Å². The van der Waals surface area contributed by atoms with Crippen molar-refractivity contribution < 1.29 is 8.91 Å². The molecule has 0 saturated carbocycles. The number of nitrogens with zero attached hydrogens (tertiary/aromatic N) is 2. The molecule has 0 aliphatic rings. The zero-order valence-corrected chi connectivity index (χ0v) is 10.6. The molecule has 0 unspecified atom stereocenters. The van der Waals surface area contributed by atoms with Gasteiger partial charge in [-0.1, -0.05) is 31.1 Å². The first kappa shape index (κ1) is 12.7. The smallest absolute Gasteiger partial charge is 0.244 e. The van der Waals surface area contributed by atoms with Gasteiger partial charge in [-0.25, -0.2) is 4.39 Å². The number of halogens is 1. The zero-order valence-electron chi connectivity index (χ0n) is 10.6. The Morgan fingerprint density at radius 3 is 2.67 bits per heavy atom. The number of rotatable bonds is 3. The Kier molecular flexibility index (Phi) is 3.43. The summed E-state index contributed by atoms with van der Waals surface area (Å²) in [6, 6.07) is 4.53. The highest BCUT2D eigenvalue weighted by Crippen LogP contribution is 2.22. The van der Waals surface area contributed by atoms with E-state index in [0.717, 1.165) is 0 Å². The molecule has 1 aromatic carbocycles. The van der Waals surface area contributed by atoms with Crippen molar-refractivity contribution in [3.8, 4) is 11.4 Å². The van der Waals surface area contributed by atoms with E-state index < -0.39 is 0 Å². The third kappa shape index (κ3) is 2.41. The van der Waals surface area contributed by atoms with Gasteiger partial charge in [-0.3, -0.25) is 0 Å². The third-order valence-electron chi connectivity index (χ3n) is 2.88. The lowest BCUT2D eigenvalue weighted by Gasteiger charge is -2.09. The molecule has 1 atom stereocenters. The SMILES string of the molecule is Cc1ccc(-c2noc([C@H](N)C(C)C)n2)cc1F. The van der Waals surface area contributed by atoms with Crippen molar-refractivity contribution in [2.45, 2.75) is 26.8 Å². The predicted octanol–water partition coefficient (Wildman–Crippen LogP) is 2.84. The second-order valence-electron chi connectivity index (χ2n) is 4.69. The summed E-state index contributed by atoms with van der Waals surface area (Å²) in [4.78, 5) is 4.20. The Balaban J connectivity index is 2.32. The van der Waals surface area contributed by atoms with Crippen LogP contribution in [0.1, 0.15) is 31.3 Å². The average Bonchev–Trinajstić information content (AvgIpc) is 2.81. The minimum atomic E-state index is -0.304. The van der Waals surface area contributed by atoms with E-state index in [0.29, 0.717) is 22.8 Å². The van der Waals surface area contributed by atoms with Crippen LogP contribution in [0.15, 0.2) is 22.7 Å². The molecule has 4 nitrogen and oxygen atoms in total. The summed E-state index contributed by atoms with van der Waals surface area (Å²) in [7, 11) is 0. The first-order valence-electron chi connectivity index (χ1n) is 5.84. The van der Waals surface area contributed by atoms with Gasteiger partial charge in [-0.2, -0.15) is 4.98 Å². The molecule has 0 fully saturated rings. The average molecular weight is 249 g/mol. The first-order chi connectivity index (χ1) is 8.49. The summed E-state index contributed by atoms with van der Waals surface area (Å²) >= 11 is 0. The van der Waals surface area contributed by atoms with Crippen molar-refractivity contribution in [1.82, 2.24) is 10.1 Å². The van der Waals surface area contributed by atoms with E-state index >= 15 is 0 Å². The van der Waals surface area contributed by atoms with E-state index in [9.17, 15) is 4.39 Å². The fraction of sp³-hybridized carbons (Fsp3) is 0.385. The molecule has 2 aromatic rings. The van der Waals surface area contributed by atoms with Gasteiger partial charge >= 0.3 is 0 Å². The maximum Gasteiger partial charge on any atom is 0.244 e. The van der Waals surface area contributed by atoms with E-state index in [1.165, 1.54) is 6.07 Å². The van der Waals surface area contributed by atoms with E-state index in [4.69, 9.17) is 10.3 Å². The number of hydrogen-bond acceptors (Lipinski definition) is 4.